The van der Waals surface area contributed by atoms with Gasteiger partial charge in [-0.1, -0.05) is 33.6 Å². The van der Waals surface area contributed by atoms with Crippen LogP contribution in [0.5, 0.6) is 0 Å². The first-order valence-corrected chi connectivity index (χ1v) is 8.73. The first-order chi connectivity index (χ1) is 9.24. The van der Waals surface area contributed by atoms with Crippen LogP contribution in [0.1, 0.15) is 72.1 Å². The highest BCUT2D eigenvalue weighted by atomic mass is 15.2. The molecule has 3 atom stereocenters. The van der Waals surface area contributed by atoms with E-state index in [4.69, 9.17) is 0 Å². The molecular formula is C17H34N2. The van der Waals surface area contributed by atoms with Gasteiger partial charge in [-0.15, -0.1) is 0 Å². The zero-order valence-corrected chi connectivity index (χ0v) is 13.3. The molecule has 2 fully saturated rings. The molecule has 2 rings (SSSR count). The molecule has 1 aliphatic heterocycles. The molecule has 112 valence electrons. The molecule has 1 N–H and O–H groups in total. The lowest BCUT2D eigenvalue weighted by atomic mass is 9.95. The smallest absolute Gasteiger partial charge is 0.0195 e. The maximum Gasteiger partial charge on any atom is 0.0195 e. The number of rotatable bonds is 8. The summed E-state index contributed by atoms with van der Waals surface area (Å²) >= 11 is 0. The van der Waals surface area contributed by atoms with Gasteiger partial charge in [-0.25, -0.2) is 0 Å². The van der Waals surface area contributed by atoms with Crippen molar-refractivity contribution in [2.75, 3.05) is 13.1 Å². The molecule has 1 saturated carbocycles. The van der Waals surface area contributed by atoms with Crippen LogP contribution in [0.2, 0.25) is 0 Å². The summed E-state index contributed by atoms with van der Waals surface area (Å²) in [6.45, 7) is 9.69. The molecule has 1 saturated heterocycles. The van der Waals surface area contributed by atoms with Gasteiger partial charge in [0.2, 0.25) is 0 Å². The molecule has 0 amide bonds. The van der Waals surface area contributed by atoms with Gasteiger partial charge in [0, 0.05) is 24.7 Å². The van der Waals surface area contributed by atoms with Crippen molar-refractivity contribution in [3.05, 3.63) is 0 Å². The number of piperidine rings is 1. The van der Waals surface area contributed by atoms with E-state index < -0.39 is 0 Å². The van der Waals surface area contributed by atoms with Crippen molar-refractivity contribution in [1.29, 1.82) is 0 Å². The Hall–Kier alpha value is -0.0800. The highest BCUT2D eigenvalue weighted by molar-refractivity contribution is 4.91. The minimum Gasteiger partial charge on any atom is -0.313 e. The second kappa shape index (κ2) is 7.64. The zero-order valence-electron chi connectivity index (χ0n) is 13.3. The molecule has 19 heavy (non-hydrogen) atoms. The van der Waals surface area contributed by atoms with E-state index in [1.807, 2.05) is 0 Å². The van der Waals surface area contributed by atoms with Crippen LogP contribution in [0.4, 0.5) is 0 Å². The summed E-state index contributed by atoms with van der Waals surface area (Å²) in [5, 5.41) is 3.74. The lowest BCUT2D eigenvalue weighted by Gasteiger charge is -2.37. The van der Waals surface area contributed by atoms with Gasteiger partial charge in [0.25, 0.3) is 0 Å². The molecule has 0 radical (unpaired) electrons. The normalized spacial score (nSPS) is 27.5. The molecule has 0 spiro atoms. The topological polar surface area (TPSA) is 15.3 Å². The van der Waals surface area contributed by atoms with Crippen molar-refractivity contribution in [1.82, 2.24) is 10.2 Å². The van der Waals surface area contributed by atoms with Crippen LogP contribution in [0.25, 0.3) is 0 Å². The fourth-order valence-electron chi connectivity index (χ4n) is 3.50. The van der Waals surface area contributed by atoms with Crippen LogP contribution in [0, 0.1) is 5.92 Å². The molecule has 2 nitrogen and oxygen atoms in total. The summed E-state index contributed by atoms with van der Waals surface area (Å²) in [5.74, 6) is 0.880. The maximum absolute atomic E-state index is 3.74. The average molecular weight is 266 g/mol. The third-order valence-electron chi connectivity index (χ3n) is 5.17. The van der Waals surface area contributed by atoms with Gasteiger partial charge < -0.3 is 5.32 Å². The number of nitrogens with one attached hydrogen (secondary N) is 1. The number of hydrogen-bond donors (Lipinski definition) is 1. The molecule has 2 heteroatoms. The van der Waals surface area contributed by atoms with Gasteiger partial charge in [0.05, 0.1) is 0 Å². The van der Waals surface area contributed by atoms with Crippen LogP contribution in [-0.4, -0.2) is 36.1 Å². The molecule has 2 aliphatic rings. The molecule has 1 heterocycles. The van der Waals surface area contributed by atoms with E-state index in [9.17, 15) is 0 Å². The fraction of sp³-hybridized carbons (Fsp3) is 1.00. The Bertz CT molecular complexity index is 244. The van der Waals surface area contributed by atoms with Crippen molar-refractivity contribution in [3.8, 4) is 0 Å². The molecule has 0 bridgehead atoms. The summed E-state index contributed by atoms with van der Waals surface area (Å²) in [6, 6.07) is 2.50. The molecule has 0 aromatic heterocycles. The molecule has 1 aliphatic carbocycles. The van der Waals surface area contributed by atoms with E-state index in [1.165, 1.54) is 64.5 Å². The van der Waals surface area contributed by atoms with Gasteiger partial charge in [-0.05, 0) is 51.0 Å². The van der Waals surface area contributed by atoms with Crippen molar-refractivity contribution in [2.24, 2.45) is 5.92 Å². The minimum absolute atomic E-state index is 0.764. The lowest BCUT2D eigenvalue weighted by molar-refractivity contribution is 0.132. The van der Waals surface area contributed by atoms with E-state index in [0.717, 1.165) is 24.0 Å². The Balaban J connectivity index is 1.88. The highest BCUT2D eigenvalue weighted by Gasteiger charge is 2.35. The predicted molar refractivity (Wildman–Crippen MR) is 83.5 cm³/mol. The van der Waals surface area contributed by atoms with Crippen molar-refractivity contribution in [2.45, 2.75) is 90.3 Å². The highest BCUT2D eigenvalue weighted by Crippen LogP contribution is 2.32. The number of nitrogens with zero attached hydrogens (tertiary/aromatic N) is 1. The average Bonchev–Trinajstić information content (AvgIpc) is 3.28. The Morgan fingerprint density at radius 1 is 1.11 bits per heavy atom. The first kappa shape index (κ1) is 15.3. The predicted octanol–water partition coefficient (Wildman–Crippen LogP) is 3.81. The maximum atomic E-state index is 3.74. The minimum atomic E-state index is 0.764. The van der Waals surface area contributed by atoms with Crippen LogP contribution < -0.4 is 5.32 Å². The van der Waals surface area contributed by atoms with Gasteiger partial charge in [0.15, 0.2) is 0 Å². The largest absolute Gasteiger partial charge is 0.313 e. The van der Waals surface area contributed by atoms with Crippen LogP contribution in [0.3, 0.4) is 0 Å². The first-order valence-electron chi connectivity index (χ1n) is 8.73. The summed E-state index contributed by atoms with van der Waals surface area (Å²) in [7, 11) is 0. The van der Waals surface area contributed by atoms with E-state index in [1.54, 1.807) is 0 Å². The fourth-order valence-corrected chi connectivity index (χ4v) is 3.50. The molecule has 0 aromatic rings. The summed E-state index contributed by atoms with van der Waals surface area (Å²) in [6.07, 6.45) is 11.2. The third kappa shape index (κ3) is 4.75. The Morgan fingerprint density at radius 2 is 1.89 bits per heavy atom. The Kier molecular flexibility index (Phi) is 6.15. The van der Waals surface area contributed by atoms with E-state index in [2.05, 4.69) is 31.0 Å². The monoisotopic (exact) mass is 266 g/mol. The standard InChI is InChI=1S/C17H34N2/c1-4-14(3)12-16(5-2)19(17-9-10-17)13-15-8-6-7-11-18-15/h14-18H,4-13H2,1-3H3. The Labute approximate surface area is 120 Å². The van der Waals surface area contributed by atoms with Crippen molar-refractivity contribution >= 4 is 0 Å². The van der Waals surface area contributed by atoms with Gasteiger partial charge in [-0.3, -0.25) is 4.90 Å². The molecule has 3 unspecified atom stereocenters. The number of hydrogen-bond acceptors (Lipinski definition) is 2. The van der Waals surface area contributed by atoms with Gasteiger partial charge in [0.1, 0.15) is 0 Å². The van der Waals surface area contributed by atoms with Crippen LogP contribution in [0.15, 0.2) is 0 Å². The van der Waals surface area contributed by atoms with E-state index in [-0.39, 0.29) is 0 Å². The second-order valence-electron chi connectivity index (χ2n) is 6.89. The van der Waals surface area contributed by atoms with E-state index >= 15 is 0 Å². The van der Waals surface area contributed by atoms with Crippen molar-refractivity contribution in [3.63, 3.8) is 0 Å². The van der Waals surface area contributed by atoms with Crippen LogP contribution in [-0.2, 0) is 0 Å². The SMILES string of the molecule is CCC(C)CC(CC)N(CC1CCCCN1)C1CC1. The van der Waals surface area contributed by atoms with Crippen LogP contribution >= 0.6 is 0 Å². The molecular weight excluding hydrogens is 232 g/mol. The van der Waals surface area contributed by atoms with Gasteiger partial charge >= 0.3 is 0 Å². The van der Waals surface area contributed by atoms with Crippen molar-refractivity contribution < 1.29 is 0 Å². The molecule has 0 aromatic carbocycles. The van der Waals surface area contributed by atoms with E-state index in [0.29, 0.717) is 0 Å². The summed E-state index contributed by atoms with van der Waals surface area (Å²) in [4.78, 5) is 2.87. The summed E-state index contributed by atoms with van der Waals surface area (Å²) < 4.78 is 0. The quantitative estimate of drug-likeness (QED) is 0.719. The third-order valence-corrected chi connectivity index (χ3v) is 5.17. The second-order valence-corrected chi connectivity index (χ2v) is 6.89. The summed E-state index contributed by atoms with van der Waals surface area (Å²) in [5.41, 5.74) is 0. The van der Waals surface area contributed by atoms with Gasteiger partial charge in [-0.2, -0.15) is 0 Å². The lowest BCUT2D eigenvalue weighted by Crippen LogP contribution is -2.48. The zero-order chi connectivity index (χ0) is 13.7. The Morgan fingerprint density at radius 3 is 2.42 bits per heavy atom.